The molecule has 0 atom stereocenters. The molecule has 0 radical (unpaired) electrons. The van der Waals surface area contributed by atoms with Crippen LogP contribution < -0.4 is 0 Å². The molecule has 0 aromatic heterocycles. The van der Waals surface area contributed by atoms with Crippen molar-refractivity contribution in [3.05, 3.63) is 12.3 Å². The summed E-state index contributed by atoms with van der Waals surface area (Å²) in [5.74, 6) is 0. The van der Waals surface area contributed by atoms with Crippen molar-refractivity contribution in [2.24, 2.45) is 0 Å². The van der Waals surface area contributed by atoms with Crippen LogP contribution >= 0.6 is 0 Å². The zero-order valence-corrected chi connectivity index (χ0v) is 8.55. The highest BCUT2D eigenvalue weighted by Crippen LogP contribution is 1.99. The minimum atomic E-state index is 1.00. The number of unbranched alkanes of at least 4 members (excludes halogenated alkanes) is 2. The van der Waals surface area contributed by atoms with Crippen LogP contribution in [0.3, 0.4) is 0 Å². The maximum Gasteiger partial charge on any atom is 0.0638 e. The highest BCUT2D eigenvalue weighted by atomic mass is 16.7. The number of rotatable bonds is 7. The van der Waals surface area contributed by atoms with E-state index in [1.54, 1.807) is 7.11 Å². The van der Waals surface area contributed by atoms with Crippen LogP contribution in [-0.2, 0) is 4.84 Å². The zero-order valence-electron chi connectivity index (χ0n) is 8.55. The van der Waals surface area contributed by atoms with Gasteiger partial charge in [-0.25, -0.2) is 0 Å². The molecule has 0 spiro atoms. The topological polar surface area (TPSA) is 12.5 Å². The first kappa shape index (κ1) is 11.5. The Labute approximate surface area is 76.2 Å². The monoisotopic (exact) mass is 171 g/mol. The van der Waals surface area contributed by atoms with E-state index in [-0.39, 0.29) is 0 Å². The summed E-state index contributed by atoms with van der Waals surface area (Å²) in [4.78, 5) is 5.15. The van der Waals surface area contributed by atoms with Crippen LogP contribution in [0.2, 0.25) is 0 Å². The first-order valence-electron chi connectivity index (χ1n) is 4.82. The van der Waals surface area contributed by atoms with Gasteiger partial charge in [0.05, 0.1) is 7.11 Å². The van der Waals surface area contributed by atoms with Crippen LogP contribution in [0.1, 0.15) is 39.5 Å². The van der Waals surface area contributed by atoms with Gasteiger partial charge in [0.25, 0.3) is 0 Å². The molecule has 0 saturated carbocycles. The molecule has 0 rings (SSSR count). The van der Waals surface area contributed by atoms with Crippen molar-refractivity contribution in [1.82, 2.24) is 5.06 Å². The van der Waals surface area contributed by atoms with E-state index in [1.165, 1.54) is 19.3 Å². The standard InChI is InChI=1S/C10H21NO/c1-4-6-8-10-11(12-3)9-7-5-2/h7,9H,4-6,8,10H2,1-3H3/b9-7+. The molecule has 2 nitrogen and oxygen atoms in total. The van der Waals surface area contributed by atoms with E-state index in [2.05, 4.69) is 19.9 Å². The number of hydroxylamine groups is 2. The quantitative estimate of drug-likeness (QED) is 0.431. The zero-order chi connectivity index (χ0) is 9.23. The van der Waals surface area contributed by atoms with Crippen LogP contribution in [0.25, 0.3) is 0 Å². The van der Waals surface area contributed by atoms with Crippen molar-refractivity contribution in [3.63, 3.8) is 0 Å². The lowest BCUT2D eigenvalue weighted by atomic mass is 10.2. The third-order valence-corrected chi connectivity index (χ3v) is 1.72. The Bertz CT molecular complexity index is 112. The number of allylic oxidation sites excluding steroid dienone is 1. The SMILES string of the molecule is CC/C=C/N(CCCCC)OC. The lowest BCUT2D eigenvalue weighted by molar-refractivity contribution is -0.0884. The van der Waals surface area contributed by atoms with E-state index in [4.69, 9.17) is 4.84 Å². The summed E-state index contributed by atoms with van der Waals surface area (Å²) in [5.41, 5.74) is 0. The van der Waals surface area contributed by atoms with Gasteiger partial charge < -0.3 is 0 Å². The largest absolute Gasteiger partial charge is 0.277 e. The molecule has 2 heteroatoms. The second-order valence-electron chi connectivity index (χ2n) is 2.82. The first-order valence-corrected chi connectivity index (χ1v) is 4.82. The van der Waals surface area contributed by atoms with Gasteiger partial charge in [-0.3, -0.25) is 9.90 Å². The fourth-order valence-corrected chi connectivity index (χ4v) is 0.967. The van der Waals surface area contributed by atoms with Gasteiger partial charge in [0.15, 0.2) is 0 Å². The van der Waals surface area contributed by atoms with Gasteiger partial charge in [-0.15, -0.1) is 0 Å². The van der Waals surface area contributed by atoms with Crippen molar-refractivity contribution in [2.75, 3.05) is 13.7 Å². The fraction of sp³-hybridized carbons (Fsp3) is 0.800. The molecule has 0 aromatic rings. The fourth-order valence-electron chi connectivity index (χ4n) is 0.967. The second-order valence-corrected chi connectivity index (χ2v) is 2.82. The lowest BCUT2D eigenvalue weighted by Crippen LogP contribution is -2.16. The summed E-state index contributed by atoms with van der Waals surface area (Å²) in [7, 11) is 1.71. The molecule has 0 saturated heterocycles. The first-order chi connectivity index (χ1) is 5.85. The normalized spacial score (nSPS) is 10.9. The van der Waals surface area contributed by atoms with Gasteiger partial charge in [-0.1, -0.05) is 32.8 Å². The smallest absolute Gasteiger partial charge is 0.0638 e. The van der Waals surface area contributed by atoms with Gasteiger partial charge in [0.1, 0.15) is 0 Å². The number of hydrogen-bond acceptors (Lipinski definition) is 2. The van der Waals surface area contributed by atoms with Crippen molar-refractivity contribution in [1.29, 1.82) is 0 Å². The molecular weight excluding hydrogens is 150 g/mol. The molecule has 0 unspecified atom stereocenters. The highest BCUT2D eigenvalue weighted by Gasteiger charge is 1.94. The third-order valence-electron chi connectivity index (χ3n) is 1.72. The third kappa shape index (κ3) is 6.23. The predicted octanol–water partition coefficient (Wildman–Crippen LogP) is 2.96. The van der Waals surface area contributed by atoms with E-state index in [9.17, 15) is 0 Å². The van der Waals surface area contributed by atoms with Crippen molar-refractivity contribution < 1.29 is 4.84 Å². The van der Waals surface area contributed by atoms with Crippen LogP contribution in [-0.4, -0.2) is 18.7 Å². The minimum Gasteiger partial charge on any atom is -0.277 e. The lowest BCUT2D eigenvalue weighted by Gasteiger charge is -2.16. The Hall–Kier alpha value is -0.500. The molecule has 0 aliphatic heterocycles. The van der Waals surface area contributed by atoms with E-state index in [0.29, 0.717) is 0 Å². The Kier molecular flexibility index (Phi) is 8.24. The molecule has 72 valence electrons. The average molecular weight is 171 g/mol. The summed E-state index contributed by atoms with van der Waals surface area (Å²) in [6, 6.07) is 0. The van der Waals surface area contributed by atoms with Gasteiger partial charge in [0.2, 0.25) is 0 Å². The van der Waals surface area contributed by atoms with Crippen LogP contribution in [0, 0.1) is 0 Å². The van der Waals surface area contributed by atoms with Crippen molar-refractivity contribution >= 4 is 0 Å². The van der Waals surface area contributed by atoms with Gasteiger partial charge in [-0.05, 0) is 12.8 Å². The van der Waals surface area contributed by atoms with Crippen LogP contribution in [0.4, 0.5) is 0 Å². The molecule has 0 N–H and O–H groups in total. The van der Waals surface area contributed by atoms with Gasteiger partial charge in [-0.2, -0.15) is 0 Å². The van der Waals surface area contributed by atoms with E-state index in [1.807, 2.05) is 11.3 Å². The van der Waals surface area contributed by atoms with Crippen LogP contribution in [0.15, 0.2) is 12.3 Å². The Balaban J connectivity index is 3.46. The molecule has 12 heavy (non-hydrogen) atoms. The van der Waals surface area contributed by atoms with Crippen molar-refractivity contribution in [2.45, 2.75) is 39.5 Å². The maximum absolute atomic E-state index is 5.15. The molecule has 0 aromatic carbocycles. The summed E-state index contributed by atoms with van der Waals surface area (Å²) < 4.78 is 0. The summed E-state index contributed by atoms with van der Waals surface area (Å²) in [6.07, 6.45) is 8.92. The Morgan fingerprint density at radius 3 is 2.50 bits per heavy atom. The molecule has 0 aliphatic rings. The van der Waals surface area contributed by atoms with Crippen LogP contribution in [0.5, 0.6) is 0 Å². The molecule has 0 bridgehead atoms. The molecule has 0 fully saturated rings. The average Bonchev–Trinajstić information content (AvgIpc) is 2.11. The maximum atomic E-state index is 5.15. The Morgan fingerprint density at radius 2 is 2.00 bits per heavy atom. The predicted molar refractivity (Wildman–Crippen MR) is 52.7 cm³/mol. The van der Waals surface area contributed by atoms with Crippen molar-refractivity contribution in [3.8, 4) is 0 Å². The molecule has 0 aliphatic carbocycles. The summed E-state index contributed by atoms with van der Waals surface area (Å²) in [5, 5.41) is 1.89. The van der Waals surface area contributed by atoms with E-state index < -0.39 is 0 Å². The summed E-state index contributed by atoms with van der Waals surface area (Å²) >= 11 is 0. The molecule has 0 heterocycles. The second kappa shape index (κ2) is 8.60. The Morgan fingerprint density at radius 1 is 1.25 bits per heavy atom. The highest BCUT2D eigenvalue weighted by molar-refractivity contribution is 4.76. The minimum absolute atomic E-state index is 1.00. The summed E-state index contributed by atoms with van der Waals surface area (Å²) in [6.45, 7) is 5.33. The number of hydrogen-bond donors (Lipinski definition) is 0. The van der Waals surface area contributed by atoms with Gasteiger partial charge in [0, 0.05) is 12.7 Å². The number of nitrogens with zero attached hydrogens (tertiary/aromatic N) is 1. The van der Waals surface area contributed by atoms with E-state index in [0.717, 1.165) is 13.0 Å². The van der Waals surface area contributed by atoms with Gasteiger partial charge >= 0.3 is 0 Å². The van der Waals surface area contributed by atoms with E-state index >= 15 is 0 Å². The molecule has 0 amide bonds. The molecular formula is C10H21NO.